The number of H-pyrrole nitrogens is 1. The minimum atomic E-state index is -0.318. The maximum Gasteiger partial charge on any atom is 0.275 e. The molecule has 0 aliphatic rings. The van der Waals surface area contributed by atoms with Gasteiger partial charge in [0.1, 0.15) is 17.3 Å². The number of aromatic amines is 1. The van der Waals surface area contributed by atoms with Gasteiger partial charge in [-0.1, -0.05) is 19.9 Å². The summed E-state index contributed by atoms with van der Waals surface area (Å²) in [6.07, 6.45) is 3.20. The van der Waals surface area contributed by atoms with Gasteiger partial charge in [-0.3, -0.25) is 9.78 Å². The Bertz CT molecular complexity index is 1040. The van der Waals surface area contributed by atoms with Gasteiger partial charge in [0, 0.05) is 23.5 Å². The number of nitrogen functional groups attached to an aromatic ring is 1. The van der Waals surface area contributed by atoms with Crippen molar-refractivity contribution in [3.05, 3.63) is 66.6 Å². The van der Waals surface area contributed by atoms with Gasteiger partial charge in [0.25, 0.3) is 5.91 Å². The van der Waals surface area contributed by atoms with Crippen LogP contribution in [0.5, 0.6) is 0 Å². The van der Waals surface area contributed by atoms with E-state index in [1.807, 2.05) is 38.1 Å². The first-order chi connectivity index (χ1) is 13.2. The van der Waals surface area contributed by atoms with Crippen LogP contribution in [0.25, 0.3) is 22.4 Å². The van der Waals surface area contributed by atoms with E-state index in [0.29, 0.717) is 28.5 Å². The fraction of sp³-hybridized carbons (Fsp3) is 0.100. The van der Waals surface area contributed by atoms with Gasteiger partial charge in [-0.25, -0.2) is 9.97 Å². The van der Waals surface area contributed by atoms with Crippen molar-refractivity contribution in [2.45, 2.75) is 13.8 Å². The zero-order valence-corrected chi connectivity index (χ0v) is 15.1. The SMILES string of the molecule is CC.Nc1ccc(-c2nc3cc(NC(=O)c4ccccn4)ncc3[nH]2)cc1. The molecule has 0 aliphatic heterocycles. The summed E-state index contributed by atoms with van der Waals surface area (Å²) in [6.45, 7) is 4.00. The van der Waals surface area contributed by atoms with E-state index in [9.17, 15) is 4.79 Å². The number of pyridine rings is 2. The van der Waals surface area contributed by atoms with Gasteiger partial charge in [-0.05, 0) is 36.4 Å². The molecule has 3 heterocycles. The summed E-state index contributed by atoms with van der Waals surface area (Å²) < 4.78 is 0. The highest BCUT2D eigenvalue weighted by Crippen LogP contribution is 2.22. The maximum atomic E-state index is 12.2. The van der Waals surface area contributed by atoms with Crippen molar-refractivity contribution in [2.75, 3.05) is 11.1 Å². The molecule has 0 spiro atoms. The molecule has 0 saturated carbocycles. The van der Waals surface area contributed by atoms with Crippen LogP contribution in [0, 0.1) is 0 Å². The zero-order valence-electron chi connectivity index (χ0n) is 15.1. The summed E-state index contributed by atoms with van der Waals surface area (Å²) in [6, 6.07) is 14.3. The van der Waals surface area contributed by atoms with Gasteiger partial charge in [0.2, 0.25) is 0 Å². The molecular weight excluding hydrogens is 340 g/mol. The molecule has 136 valence electrons. The van der Waals surface area contributed by atoms with E-state index in [-0.39, 0.29) is 5.91 Å². The molecule has 27 heavy (non-hydrogen) atoms. The van der Waals surface area contributed by atoms with Crippen LogP contribution in [0.3, 0.4) is 0 Å². The summed E-state index contributed by atoms with van der Waals surface area (Å²) in [5, 5.41) is 2.72. The number of aromatic nitrogens is 4. The molecule has 0 aliphatic carbocycles. The standard InChI is InChI=1S/C18H14N6O.C2H6/c19-12-6-4-11(5-7-12)17-22-14-9-16(21-10-15(14)23-17)24-18(25)13-3-1-2-8-20-13;1-2/h1-10H,19H2,(H,22,23)(H,21,24,25);1-2H3. The van der Waals surface area contributed by atoms with Crippen LogP contribution >= 0.6 is 0 Å². The van der Waals surface area contributed by atoms with E-state index >= 15 is 0 Å². The number of benzene rings is 1. The molecule has 1 amide bonds. The van der Waals surface area contributed by atoms with Crippen molar-refractivity contribution in [3.63, 3.8) is 0 Å². The highest BCUT2D eigenvalue weighted by molar-refractivity contribution is 6.02. The Morgan fingerprint density at radius 1 is 1.07 bits per heavy atom. The summed E-state index contributed by atoms with van der Waals surface area (Å²) in [4.78, 5) is 28.2. The van der Waals surface area contributed by atoms with Crippen molar-refractivity contribution < 1.29 is 4.79 Å². The minimum Gasteiger partial charge on any atom is -0.399 e. The van der Waals surface area contributed by atoms with E-state index < -0.39 is 0 Å². The van der Waals surface area contributed by atoms with E-state index in [1.165, 1.54) is 0 Å². The van der Waals surface area contributed by atoms with Crippen molar-refractivity contribution in [2.24, 2.45) is 0 Å². The molecule has 0 atom stereocenters. The lowest BCUT2D eigenvalue weighted by atomic mass is 10.2. The Morgan fingerprint density at radius 2 is 1.85 bits per heavy atom. The molecule has 3 aromatic heterocycles. The molecular formula is C20H20N6O. The third-order valence-electron chi connectivity index (χ3n) is 3.69. The summed E-state index contributed by atoms with van der Waals surface area (Å²) in [7, 11) is 0. The Hall–Kier alpha value is -3.74. The van der Waals surface area contributed by atoms with Gasteiger partial charge in [0.05, 0.1) is 17.2 Å². The smallest absolute Gasteiger partial charge is 0.275 e. The molecule has 4 aromatic rings. The molecule has 0 bridgehead atoms. The van der Waals surface area contributed by atoms with Crippen LogP contribution in [0.2, 0.25) is 0 Å². The monoisotopic (exact) mass is 360 g/mol. The van der Waals surface area contributed by atoms with E-state index in [0.717, 1.165) is 11.1 Å². The largest absolute Gasteiger partial charge is 0.399 e. The lowest BCUT2D eigenvalue weighted by molar-refractivity contribution is 0.102. The Morgan fingerprint density at radius 3 is 2.56 bits per heavy atom. The molecule has 7 heteroatoms. The quantitative estimate of drug-likeness (QED) is 0.480. The Labute approximate surface area is 156 Å². The third-order valence-corrected chi connectivity index (χ3v) is 3.69. The van der Waals surface area contributed by atoms with Gasteiger partial charge in [-0.2, -0.15) is 0 Å². The number of nitrogens with zero attached hydrogens (tertiary/aromatic N) is 3. The number of amides is 1. The number of fused-ring (bicyclic) bond motifs is 1. The number of carbonyl (C=O) groups is 1. The van der Waals surface area contributed by atoms with Crippen molar-refractivity contribution in [1.82, 2.24) is 19.9 Å². The molecule has 0 saturated heterocycles. The Balaban J connectivity index is 0.00000102. The van der Waals surface area contributed by atoms with Crippen LogP contribution in [0.15, 0.2) is 60.9 Å². The van der Waals surface area contributed by atoms with Gasteiger partial charge in [0.15, 0.2) is 0 Å². The topological polar surface area (TPSA) is 110 Å². The van der Waals surface area contributed by atoms with Gasteiger partial charge < -0.3 is 16.0 Å². The Kier molecular flexibility index (Phi) is 5.41. The lowest BCUT2D eigenvalue weighted by Gasteiger charge is -2.03. The van der Waals surface area contributed by atoms with Crippen LogP contribution in [-0.4, -0.2) is 25.8 Å². The van der Waals surface area contributed by atoms with Crippen molar-refractivity contribution >= 4 is 28.4 Å². The molecule has 4 rings (SSSR count). The third kappa shape index (κ3) is 4.09. The highest BCUT2D eigenvalue weighted by Gasteiger charge is 2.10. The summed E-state index contributed by atoms with van der Waals surface area (Å²) in [5.74, 6) is 0.810. The van der Waals surface area contributed by atoms with Gasteiger partial charge in [-0.15, -0.1) is 0 Å². The average Bonchev–Trinajstić information content (AvgIpc) is 3.14. The van der Waals surface area contributed by atoms with E-state index in [1.54, 1.807) is 36.7 Å². The lowest BCUT2D eigenvalue weighted by Crippen LogP contribution is -2.14. The predicted octanol–water partition coefficient (Wildman–Crippen LogP) is 3.88. The second-order valence-electron chi connectivity index (χ2n) is 5.46. The van der Waals surface area contributed by atoms with Crippen LogP contribution in [-0.2, 0) is 0 Å². The predicted molar refractivity (Wildman–Crippen MR) is 107 cm³/mol. The number of rotatable bonds is 3. The normalized spacial score (nSPS) is 10.1. The first kappa shape index (κ1) is 18.1. The first-order valence-electron chi connectivity index (χ1n) is 8.63. The number of hydrogen-bond donors (Lipinski definition) is 3. The molecule has 1 aromatic carbocycles. The number of nitrogens with two attached hydrogens (primary N) is 1. The van der Waals surface area contributed by atoms with E-state index in [4.69, 9.17) is 5.73 Å². The summed E-state index contributed by atoms with van der Waals surface area (Å²) >= 11 is 0. The number of hydrogen-bond acceptors (Lipinski definition) is 5. The van der Waals surface area contributed by atoms with Gasteiger partial charge >= 0.3 is 0 Å². The molecule has 0 fully saturated rings. The van der Waals surface area contributed by atoms with Crippen molar-refractivity contribution in [1.29, 1.82) is 0 Å². The molecule has 4 N–H and O–H groups in total. The molecule has 7 nitrogen and oxygen atoms in total. The minimum absolute atomic E-state index is 0.318. The zero-order chi connectivity index (χ0) is 19.2. The van der Waals surface area contributed by atoms with E-state index in [2.05, 4.69) is 25.3 Å². The first-order valence-corrected chi connectivity index (χ1v) is 8.63. The maximum absolute atomic E-state index is 12.2. The average molecular weight is 360 g/mol. The van der Waals surface area contributed by atoms with Crippen LogP contribution in [0.1, 0.15) is 24.3 Å². The highest BCUT2D eigenvalue weighted by atomic mass is 16.1. The summed E-state index contributed by atoms with van der Waals surface area (Å²) in [5.41, 5.74) is 9.14. The number of nitrogens with one attached hydrogen (secondary N) is 2. The fourth-order valence-electron chi connectivity index (χ4n) is 2.43. The molecule has 0 radical (unpaired) electrons. The second-order valence-corrected chi connectivity index (χ2v) is 5.46. The van der Waals surface area contributed by atoms with Crippen LogP contribution in [0.4, 0.5) is 11.5 Å². The van der Waals surface area contributed by atoms with Crippen molar-refractivity contribution in [3.8, 4) is 11.4 Å². The fourth-order valence-corrected chi connectivity index (χ4v) is 2.43. The second kappa shape index (κ2) is 8.09. The molecule has 0 unspecified atom stereocenters. The number of carbonyl (C=O) groups excluding carboxylic acids is 1. The number of anilines is 2. The number of imidazole rings is 1. The van der Waals surface area contributed by atoms with Crippen LogP contribution < -0.4 is 11.1 Å².